The molecule has 2 aliphatic heterocycles. The third-order valence-corrected chi connectivity index (χ3v) is 10.5. The van der Waals surface area contributed by atoms with E-state index in [-0.39, 0.29) is 35.7 Å². The second kappa shape index (κ2) is 15.5. The standard InChI is InChI=1S/C44H42N8O4/c1-27(53)45-39(31-11-5-3-6-12-31)43(55)51-23-9-15-37(51)41-47-33-21-19-29(25-35(33)49-41)17-18-30-20-22-34-36(26-30)50-42(48-34)38-16-10-24-52(38)44(56)40(46-28(2)54)32-13-7-4-8-14-32/h3-8,11-14,19-22,25-26,37-40H,9-10,15-16,23-24H2,1-2H3,(H,45,53)(H,46,54)(H,47,49)(H,48,50)/t37-,38?,39+,40-/m0/s1. The Bertz CT molecular complexity index is 2330. The molecule has 2 aromatic heterocycles. The predicted octanol–water partition coefficient (Wildman–Crippen LogP) is 5.92. The number of amides is 4. The van der Waals surface area contributed by atoms with Gasteiger partial charge in [-0.1, -0.05) is 72.5 Å². The molecule has 0 aliphatic carbocycles. The van der Waals surface area contributed by atoms with E-state index in [4.69, 9.17) is 9.97 Å². The highest BCUT2D eigenvalue weighted by Crippen LogP contribution is 2.35. The summed E-state index contributed by atoms with van der Waals surface area (Å²) >= 11 is 0. The van der Waals surface area contributed by atoms with E-state index in [2.05, 4.69) is 32.4 Å². The Morgan fingerprint density at radius 3 is 1.43 bits per heavy atom. The molecule has 12 heteroatoms. The van der Waals surface area contributed by atoms with E-state index in [0.717, 1.165) is 70.0 Å². The molecule has 4 N–H and O–H groups in total. The van der Waals surface area contributed by atoms with Gasteiger partial charge in [-0.15, -0.1) is 0 Å². The van der Waals surface area contributed by atoms with Crippen molar-refractivity contribution in [3.63, 3.8) is 0 Å². The average Bonchev–Trinajstić information content (AvgIpc) is 4.03. The Hall–Kier alpha value is -6.74. The van der Waals surface area contributed by atoms with E-state index in [1.54, 1.807) is 0 Å². The van der Waals surface area contributed by atoms with E-state index >= 15 is 0 Å². The van der Waals surface area contributed by atoms with E-state index in [9.17, 15) is 19.2 Å². The number of carbonyl (C=O) groups is 4. The molecule has 4 heterocycles. The number of hydrogen-bond donors (Lipinski definition) is 4. The van der Waals surface area contributed by atoms with Crippen LogP contribution in [-0.2, 0) is 19.2 Å². The third kappa shape index (κ3) is 7.48. The summed E-state index contributed by atoms with van der Waals surface area (Å²) in [6, 6.07) is 28.2. The fourth-order valence-electron chi connectivity index (χ4n) is 7.91. The molecule has 0 saturated carbocycles. The van der Waals surface area contributed by atoms with Gasteiger partial charge in [0.2, 0.25) is 23.6 Å². The maximum Gasteiger partial charge on any atom is 0.250 e. The maximum absolute atomic E-state index is 13.9. The van der Waals surface area contributed by atoms with Gasteiger partial charge in [-0.25, -0.2) is 9.97 Å². The number of aromatic nitrogens is 4. The Morgan fingerprint density at radius 1 is 0.625 bits per heavy atom. The SMILES string of the molecule is CC(=O)N[C@H](C(=O)N1CCCC1c1nc2ccc(C#Cc3ccc4nc([C@@H]5CCCN5C(=O)[C@H](NC(C)=O)c5ccccc5)[nH]c4c3)cc2[nH]1)c1ccccc1. The number of H-pyrrole nitrogens is 2. The molecule has 1 unspecified atom stereocenters. The number of benzene rings is 4. The van der Waals surface area contributed by atoms with Crippen LogP contribution in [0.4, 0.5) is 0 Å². The summed E-state index contributed by atoms with van der Waals surface area (Å²) in [5, 5.41) is 5.68. The van der Waals surface area contributed by atoms with E-state index in [1.165, 1.54) is 13.8 Å². The normalized spacial score (nSPS) is 17.7. The first-order valence-electron chi connectivity index (χ1n) is 19.0. The molecule has 8 rings (SSSR count). The molecular formula is C44H42N8O4. The number of carbonyl (C=O) groups excluding carboxylic acids is 4. The molecule has 4 amide bonds. The zero-order chi connectivity index (χ0) is 38.8. The lowest BCUT2D eigenvalue weighted by molar-refractivity contribution is -0.137. The van der Waals surface area contributed by atoms with E-state index in [0.29, 0.717) is 24.7 Å². The summed E-state index contributed by atoms with van der Waals surface area (Å²) in [6.45, 7) is 4.00. The van der Waals surface area contributed by atoms with Crippen molar-refractivity contribution in [3.8, 4) is 11.8 Å². The van der Waals surface area contributed by atoms with Crippen LogP contribution >= 0.6 is 0 Å². The van der Waals surface area contributed by atoms with Gasteiger partial charge in [0, 0.05) is 38.1 Å². The van der Waals surface area contributed by atoms with Gasteiger partial charge in [0.25, 0.3) is 0 Å². The molecule has 12 nitrogen and oxygen atoms in total. The first-order valence-corrected chi connectivity index (χ1v) is 19.0. The Labute approximate surface area is 324 Å². The molecule has 2 saturated heterocycles. The molecular weight excluding hydrogens is 705 g/mol. The first-order chi connectivity index (χ1) is 27.2. The lowest BCUT2D eigenvalue weighted by atomic mass is 10.0. The number of rotatable bonds is 8. The van der Waals surface area contributed by atoms with Crippen LogP contribution in [0.5, 0.6) is 0 Å². The lowest BCUT2D eigenvalue weighted by Crippen LogP contribution is -2.42. The minimum absolute atomic E-state index is 0.157. The number of imidazole rings is 2. The Balaban J connectivity index is 0.990. The van der Waals surface area contributed by atoms with Crippen molar-refractivity contribution in [1.82, 2.24) is 40.4 Å². The largest absolute Gasteiger partial charge is 0.341 e. The van der Waals surface area contributed by atoms with Crippen LogP contribution in [0.2, 0.25) is 0 Å². The molecule has 0 radical (unpaired) electrons. The fourth-order valence-corrected chi connectivity index (χ4v) is 7.91. The molecule has 282 valence electrons. The van der Waals surface area contributed by atoms with Gasteiger partial charge in [-0.2, -0.15) is 0 Å². The summed E-state index contributed by atoms with van der Waals surface area (Å²) in [5.74, 6) is 7.12. The molecule has 0 bridgehead atoms. The molecule has 2 aliphatic rings. The van der Waals surface area contributed by atoms with Crippen LogP contribution in [-0.4, -0.2) is 66.5 Å². The summed E-state index contributed by atoms with van der Waals surface area (Å²) in [6.07, 6.45) is 3.19. The Kier molecular flexibility index (Phi) is 10.1. The highest BCUT2D eigenvalue weighted by Gasteiger charge is 2.38. The second-order valence-electron chi connectivity index (χ2n) is 14.4. The van der Waals surface area contributed by atoms with Gasteiger partial charge >= 0.3 is 0 Å². The van der Waals surface area contributed by atoms with Crippen LogP contribution in [0.1, 0.15) is 97.6 Å². The number of nitrogens with one attached hydrogen (secondary N) is 4. The minimum atomic E-state index is -0.774. The van der Waals surface area contributed by atoms with Crippen molar-refractivity contribution in [1.29, 1.82) is 0 Å². The molecule has 56 heavy (non-hydrogen) atoms. The first kappa shape index (κ1) is 36.2. The third-order valence-electron chi connectivity index (χ3n) is 10.5. The number of aromatic amines is 2. The number of fused-ring (bicyclic) bond motifs is 2. The number of likely N-dealkylation sites (tertiary alicyclic amines) is 2. The average molecular weight is 747 g/mol. The maximum atomic E-state index is 13.9. The lowest BCUT2D eigenvalue weighted by Gasteiger charge is -2.28. The van der Waals surface area contributed by atoms with Crippen molar-refractivity contribution < 1.29 is 19.2 Å². The summed E-state index contributed by atoms with van der Waals surface area (Å²) in [7, 11) is 0. The second-order valence-corrected chi connectivity index (χ2v) is 14.4. The number of hydrogen-bond acceptors (Lipinski definition) is 6. The van der Waals surface area contributed by atoms with Gasteiger partial charge in [0.1, 0.15) is 23.7 Å². The molecule has 2 fully saturated rings. The van der Waals surface area contributed by atoms with Gasteiger partial charge in [-0.3, -0.25) is 19.2 Å². The van der Waals surface area contributed by atoms with Crippen LogP contribution in [0.15, 0.2) is 97.1 Å². The van der Waals surface area contributed by atoms with Crippen molar-refractivity contribution in [2.24, 2.45) is 0 Å². The number of nitrogens with zero attached hydrogens (tertiary/aromatic N) is 4. The summed E-state index contributed by atoms with van der Waals surface area (Å²) in [5.41, 5.74) is 6.30. The van der Waals surface area contributed by atoms with Crippen molar-refractivity contribution >= 4 is 45.7 Å². The minimum Gasteiger partial charge on any atom is -0.341 e. The van der Waals surface area contributed by atoms with Gasteiger partial charge in [0.15, 0.2) is 0 Å². The van der Waals surface area contributed by atoms with Crippen LogP contribution < -0.4 is 10.6 Å². The highest BCUT2D eigenvalue weighted by atomic mass is 16.2. The fraction of sp³-hybridized carbons (Fsp3) is 0.273. The van der Waals surface area contributed by atoms with Crippen LogP contribution in [0.25, 0.3) is 22.1 Å². The van der Waals surface area contributed by atoms with Crippen molar-refractivity contribution in [2.45, 2.75) is 63.7 Å². The zero-order valence-electron chi connectivity index (χ0n) is 31.2. The zero-order valence-corrected chi connectivity index (χ0v) is 31.2. The van der Waals surface area contributed by atoms with Gasteiger partial charge < -0.3 is 30.4 Å². The molecule has 6 aromatic rings. The van der Waals surface area contributed by atoms with Gasteiger partial charge in [0.05, 0.1) is 34.2 Å². The highest BCUT2D eigenvalue weighted by molar-refractivity contribution is 5.89. The monoisotopic (exact) mass is 746 g/mol. The van der Waals surface area contributed by atoms with Gasteiger partial charge in [-0.05, 0) is 73.2 Å². The smallest absolute Gasteiger partial charge is 0.250 e. The van der Waals surface area contributed by atoms with E-state index < -0.39 is 12.1 Å². The molecule has 0 spiro atoms. The predicted molar refractivity (Wildman–Crippen MR) is 212 cm³/mol. The Morgan fingerprint density at radius 2 is 1.04 bits per heavy atom. The molecule has 4 atom stereocenters. The summed E-state index contributed by atoms with van der Waals surface area (Å²) in [4.78, 5) is 72.1. The van der Waals surface area contributed by atoms with Crippen LogP contribution in [0, 0.1) is 11.8 Å². The van der Waals surface area contributed by atoms with E-state index in [1.807, 2.05) is 107 Å². The summed E-state index contributed by atoms with van der Waals surface area (Å²) < 4.78 is 0. The van der Waals surface area contributed by atoms with Crippen LogP contribution in [0.3, 0.4) is 0 Å². The quantitative estimate of drug-likeness (QED) is 0.142. The topological polar surface area (TPSA) is 156 Å². The molecule has 4 aromatic carbocycles. The van der Waals surface area contributed by atoms with Crippen molar-refractivity contribution in [3.05, 3.63) is 131 Å². The van der Waals surface area contributed by atoms with Crippen molar-refractivity contribution in [2.75, 3.05) is 13.1 Å².